The van der Waals surface area contributed by atoms with Crippen LogP contribution in [0.15, 0.2) is 0 Å². The van der Waals surface area contributed by atoms with Crippen LogP contribution in [0.4, 0.5) is 17.6 Å². The molecule has 0 saturated carbocycles. The molecule has 0 spiro atoms. The molecule has 2 nitrogen and oxygen atoms in total. The molecular formula is C7H13F4NO. The molecule has 0 bridgehead atoms. The molecule has 1 unspecified atom stereocenters. The second-order valence-electron chi connectivity index (χ2n) is 2.94. The van der Waals surface area contributed by atoms with E-state index in [4.69, 9.17) is 5.73 Å². The van der Waals surface area contributed by atoms with Gasteiger partial charge in [-0.25, -0.2) is 8.78 Å². The zero-order chi connectivity index (χ0) is 10.6. The molecule has 0 aromatic carbocycles. The summed E-state index contributed by atoms with van der Waals surface area (Å²) in [7, 11) is 0. The molecule has 80 valence electrons. The Labute approximate surface area is 74.0 Å². The van der Waals surface area contributed by atoms with Gasteiger partial charge in [-0.2, -0.15) is 8.78 Å². The van der Waals surface area contributed by atoms with E-state index in [-0.39, 0.29) is 0 Å². The Hall–Kier alpha value is -0.360. The molecule has 2 N–H and O–H groups in total. The maximum absolute atomic E-state index is 12.3. The van der Waals surface area contributed by atoms with E-state index in [0.717, 1.165) is 0 Å². The summed E-state index contributed by atoms with van der Waals surface area (Å²) in [5, 5.41) is 0. The molecule has 0 aromatic rings. The highest BCUT2D eigenvalue weighted by Gasteiger charge is 2.41. The quantitative estimate of drug-likeness (QED) is 0.689. The largest absolute Gasteiger partial charge is 0.370 e. The molecule has 0 rings (SSSR count). The molecule has 13 heavy (non-hydrogen) atoms. The average Bonchev–Trinajstić information content (AvgIpc) is 1.99. The minimum absolute atomic E-state index is 0.464. The van der Waals surface area contributed by atoms with Crippen molar-refractivity contribution in [2.24, 2.45) is 5.73 Å². The molecule has 0 radical (unpaired) electrons. The third-order valence-corrected chi connectivity index (χ3v) is 1.60. The van der Waals surface area contributed by atoms with Crippen LogP contribution in [0.1, 0.15) is 13.8 Å². The first kappa shape index (κ1) is 12.6. The van der Waals surface area contributed by atoms with Gasteiger partial charge < -0.3 is 10.5 Å². The first-order valence-corrected chi connectivity index (χ1v) is 3.80. The standard InChI is InChI=1S/C7H13F4NO/c1-4(12)5(2)13-3-7(10,11)6(8)9/h4-6H,3,12H2,1-2H3/t4-,5?/m1/s1. The maximum Gasteiger partial charge on any atom is 0.330 e. The highest BCUT2D eigenvalue weighted by atomic mass is 19.3. The molecule has 0 aromatic heterocycles. The zero-order valence-electron chi connectivity index (χ0n) is 7.44. The molecule has 0 fully saturated rings. The Morgan fingerprint density at radius 2 is 1.77 bits per heavy atom. The van der Waals surface area contributed by atoms with Crippen LogP contribution in [0.25, 0.3) is 0 Å². The van der Waals surface area contributed by atoms with E-state index in [1.807, 2.05) is 0 Å². The monoisotopic (exact) mass is 203 g/mol. The lowest BCUT2D eigenvalue weighted by atomic mass is 10.2. The van der Waals surface area contributed by atoms with Crippen molar-refractivity contribution in [3.05, 3.63) is 0 Å². The summed E-state index contributed by atoms with van der Waals surface area (Å²) < 4.78 is 52.2. The summed E-state index contributed by atoms with van der Waals surface area (Å²) in [6.07, 6.45) is -4.36. The number of nitrogens with two attached hydrogens (primary N) is 1. The average molecular weight is 203 g/mol. The highest BCUT2D eigenvalue weighted by Crippen LogP contribution is 2.23. The molecule has 0 amide bonds. The number of alkyl halides is 4. The Kier molecular flexibility index (Phi) is 4.63. The number of hydrogen-bond donors (Lipinski definition) is 1. The molecule has 2 atom stereocenters. The summed E-state index contributed by atoms with van der Waals surface area (Å²) in [4.78, 5) is 0. The van der Waals surface area contributed by atoms with E-state index in [1.54, 1.807) is 6.92 Å². The molecule has 0 heterocycles. The lowest BCUT2D eigenvalue weighted by molar-refractivity contribution is -0.175. The number of hydrogen-bond acceptors (Lipinski definition) is 2. The lowest BCUT2D eigenvalue weighted by Crippen LogP contribution is -2.38. The van der Waals surface area contributed by atoms with Crippen LogP contribution in [0, 0.1) is 0 Å². The Morgan fingerprint density at radius 3 is 2.08 bits per heavy atom. The van der Waals surface area contributed by atoms with Crippen molar-refractivity contribution in [3.8, 4) is 0 Å². The van der Waals surface area contributed by atoms with Crippen molar-refractivity contribution in [1.29, 1.82) is 0 Å². The number of rotatable bonds is 5. The predicted octanol–water partition coefficient (Wildman–Crippen LogP) is 1.64. The fourth-order valence-electron chi connectivity index (χ4n) is 0.457. The van der Waals surface area contributed by atoms with Crippen molar-refractivity contribution in [2.75, 3.05) is 6.61 Å². The fraction of sp³-hybridized carbons (Fsp3) is 1.00. The van der Waals surface area contributed by atoms with Crippen LogP contribution >= 0.6 is 0 Å². The topological polar surface area (TPSA) is 35.2 Å². The fourth-order valence-corrected chi connectivity index (χ4v) is 0.457. The minimum atomic E-state index is -4.09. The summed E-state index contributed by atoms with van der Waals surface area (Å²) >= 11 is 0. The van der Waals surface area contributed by atoms with E-state index in [9.17, 15) is 17.6 Å². The van der Waals surface area contributed by atoms with Crippen LogP contribution in [0.2, 0.25) is 0 Å². The van der Waals surface area contributed by atoms with Crippen LogP contribution in [-0.4, -0.2) is 31.1 Å². The summed E-state index contributed by atoms with van der Waals surface area (Å²) in [6, 6.07) is -0.464. The van der Waals surface area contributed by atoms with Crippen molar-refractivity contribution < 1.29 is 22.3 Å². The van der Waals surface area contributed by atoms with Crippen molar-refractivity contribution >= 4 is 0 Å². The van der Waals surface area contributed by atoms with E-state index in [2.05, 4.69) is 4.74 Å². The first-order chi connectivity index (χ1) is 5.77. The SMILES string of the molecule is CC(OCC(F)(F)C(F)F)[C@@H](C)N. The molecule has 0 saturated heterocycles. The van der Waals surface area contributed by atoms with Gasteiger partial charge in [0.1, 0.15) is 6.61 Å². The van der Waals surface area contributed by atoms with Crippen LogP contribution in [-0.2, 0) is 4.74 Å². The van der Waals surface area contributed by atoms with Crippen LogP contribution in [0.5, 0.6) is 0 Å². The smallest absolute Gasteiger partial charge is 0.330 e. The van der Waals surface area contributed by atoms with E-state index in [1.165, 1.54) is 6.92 Å². The van der Waals surface area contributed by atoms with Gasteiger partial charge in [0.2, 0.25) is 0 Å². The summed E-state index contributed by atoms with van der Waals surface area (Å²) in [6.45, 7) is 1.70. The predicted molar refractivity (Wildman–Crippen MR) is 40.0 cm³/mol. The van der Waals surface area contributed by atoms with E-state index in [0.29, 0.717) is 0 Å². The van der Waals surface area contributed by atoms with Crippen molar-refractivity contribution in [3.63, 3.8) is 0 Å². The maximum atomic E-state index is 12.3. The van der Waals surface area contributed by atoms with E-state index < -0.39 is 31.1 Å². The summed E-state index contributed by atoms with van der Waals surface area (Å²) in [5.41, 5.74) is 5.28. The molecule has 0 aliphatic heterocycles. The Bertz CT molecular complexity index is 151. The van der Waals surface area contributed by atoms with Crippen LogP contribution in [0.3, 0.4) is 0 Å². The van der Waals surface area contributed by atoms with Gasteiger partial charge in [-0.1, -0.05) is 0 Å². The normalized spacial score (nSPS) is 17.5. The van der Waals surface area contributed by atoms with Gasteiger partial charge in [0.25, 0.3) is 0 Å². The number of halogens is 4. The Morgan fingerprint density at radius 1 is 1.31 bits per heavy atom. The van der Waals surface area contributed by atoms with E-state index >= 15 is 0 Å². The van der Waals surface area contributed by atoms with Gasteiger partial charge in [-0.3, -0.25) is 0 Å². The third-order valence-electron chi connectivity index (χ3n) is 1.60. The third kappa shape index (κ3) is 4.42. The second-order valence-corrected chi connectivity index (χ2v) is 2.94. The Balaban J connectivity index is 3.88. The van der Waals surface area contributed by atoms with Crippen molar-refractivity contribution in [2.45, 2.75) is 38.3 Å². The van der Waals surface area contributed by atoms with Gasteiger partial charge in [0.15, 0.2) is 0 Å². The molecular weight excluding hydrogens is 190 g/mol. The van der Waals surface area contributed by atoms with Gasteiger partial charge in [-0.15, -0.1) is 0 Å². The zero-order valence-corrected chi connectivity index (χ0v) is 7.44. The highest BCUT2D eigenvalue weighted by molar-refractivity contribution is 4.70. The first-order valence-electron chi connectivity index (χ1n) is 3.80. The lowest BCUT2D eigenvalue weighted by Gasteiger charge is -2.21. The van der Waals surface area contributed by atoms with Crippen LogP contribution < -0.4 is 5.73 Å². The van der Waals surface area contributed by atoms with Gasteiger partial charge in [0, 0.05) is 6.04 Å². The second kappa shape index (κ2) is 4.76. The van der Waals surface area contributed by atoms with Gasteiger partial charge >= 0.3 is 12.3 Å². The number of ether oxygens (including phenoxy) is 1. The summed E-state index contributed by atoms with van der Waals surface area (Å²) in [5.74, 6) is -4.09. The molecule has 6 heteroatoms. The van der Waals surface area contributed by atoms with Gasteiger partial charge in [0.05, 0.1) is 6.10 Å². The van der Waals surface area contributed by atoms with Crippen molar-refractivity contribution in [1.82, 2.24) is 0 Å². The molecule has 0 aliphatic carbocycles. The van der Waals surface area contributed by atoms with Gasteiger partial charge in [-0.05, 0) is 13.8 Å². The minimum Gasteiger partial charge on any atom is -0.370 e. The molecule has 0 aliphatic rings.